The molecule has 12 heterocycles. The number of carbonyl (C=O) groups excluding carboxylic acids is 12. The molecule has 0 saturated carbocycles. The van der Waals surface area contributed by atoms with Gasteiger partial charge in [0, 0.05) is 180 Å². The quantitative estimate of drug-likeness (QED) is 0.108. The van der Waals surface area contributed by atoms with Crippen molar-refractivity contribution < 1.29 is 107 Å². The van der Waals surface area contributed by atoms with Crippen LogP contribution in [0.3, 0.4) is 0 Å². The summed E-state index contributed by atoms with van der Waals surface area (Å²) in [6, 6.07) is 0. The second-order valence-electron chi connectivity index (χ2n) is 49.3. The summed E-state index contributed by atoms with van der Waals surface area (Å²) in [5.74, 6) is -18.9. The molecular formula is C120H204N12O12. The normalized spacial score (nSPS) is 38.8. The average Bonchev–Trinajstić information content (AvgIpc) is 0.686. The minimum Gasteiger partial charge on any atom is -0.330 e. The van der Waals surface area contributed by atoms with Crippen molar-refractivity contribution >= 4 is 70.9 Å². The average molecular weight is 2040 g/mol. The zero-order valence-corrected chi connectivity index (χ0v) is 93.9. The monoisotopic (exact) mass is 2040 g/mol. The Labute approximate surface area is 924 Å². The zero-order valence-electron chi connectivity index (χ0n) is 130. The highest BCUT2D eigenvalue weighted by Gasteiger charge is 2.44. The maximum atomic E-state index is 12.1. The lowest BCUT2D eigenvalue weighted by atomic mass is 9.76. The number of piperidine rings is 12. The molecule has 0 spiro atoms. The molecule has 0 radical (unpaired) electrons. The van der Waals surface area contributed by atoms with Gasteiger partial charge in [-0.1, -0.05) is 328 Å². The molecule has 12 fully saturated rings. The van der Waals surface area contributed by atoms with E-state index in [1.807, 2.05) is 104 Å². The van der Waals surface area contributed by atoms with E-state index in [9.17, 15) is 57.5 Å². The van der Waals surface area contributed by atoms with Crippen molar-refractivity contribution in [2.75, 3.05) is 0 Å². The molecule has 24 heteroatoms. The van der Waals surface area contributed by atoms with Crippen LogP contribution < -0.4 is 63.8 Å². The molecule has 12 rings (SSSR count). The van der Waals surface area contributed by atoms with Gasteiger partial charge in [0.2, 0.25) is 70.9 Å². The van der Waals surface area contributed by atoms with Crippen molar-refractivity contribution in [1.29, 1.82) is 0 Å². The Morgan fingerprint density at radius 2 is 0.465 bits per heavy atom. The van der Waals surface area contributed by atoms with E-state index in [0.717, 1.165) is 36.7 Å². The second-order valence-corrected chi connectivity index (χ2v) is 49.3. The third-order valence-corrected chi connectivity index (χ3v) is 23.2. The van der Waals surface area contributed by atoms with E-state index in [4.69, 9.17) is 49.6 Å². The van der Waals surface area contributed by atoms with E-state index in [1.165, 1.54) is 20.8 Å². The summed E-state index contributed by atoms with van der Waals surface area (Å²) in [6.45, 7) is 107. The highest BCUT2D eigenvalue weighted by atomic mass is 16.2. The maximum absolute atomic E-state index is 12.1. The Hall–Kier alpha value is -9.48. The molecule has 0 bridgehead atoms. The topological polar surface area (TPSA) is 349 Å². The maximum Gasteiger partial charge on any atom is 0.227 e. The van der Waals surface area contributed by atoms with Gasteiger partial charge in [0.1, 0.15) is 0 Å². The molecule has 144 heavy (non-hydrogen) atoms. The SMILES string of the molecule is C=C1CCC(C(C)(C)C)C(=O)N1.[2H]C1([2H])C(=C)NC(=O)C([2H])(C(C)(C)C)C1([2H])[2H].[2H]C1([2H])CC(=C)NC(=O)C1C(C)(C)C.[2H]C1([2H])CC(C(C)(C)C)C(=O)NC1=C.[2H]C1C(=C)N([2H])C(=O)C([2H])(C(C)(C)C)C1([2H])[2H].[2H]C1C(=C)N([2H])C(=O)C([2H])(C(C)(C)C)C1[2H].[2H]C1C([2H])([2H])C(=C)N([2H])C(=O)C1([2H])C(C)(C)C.[2H]C1CC(=C)NC(=O)C1C(C)(C)C.[2H]C1CC(C(C)(C)C)C(=O)NC1=C.[2H]N1C(=C)C([2H])([2H])C([2H])([2H])C([2H])(C(C)(C)C)C1=O.[2H]N1C(=C)C([2H])([2H])CC([2H])(C(C)(C)C)C1=O.[2H]N1C(=C)CCC(C(C)(C)C)C1=O. The van der Waals surface area contributed by atoms with E-state index >= 15 is 0 Å². The molecule has 12 N–H and O–H groups in total. The van der Waals surface area contributed by atoms with Gasteiger partial charge in [-0.2, -0.15) is 0 Å². The van der Waals surface area contributed by atoms with Gasteiger partial charge in [0.05, 0.1) is 0 Å². The predicted octanol–water partition coefficient (Wildman–Crippen LogP) is 24.9. The molecule has 816 valence electrons. The molecule has 0 aromatic rings. The number of hydrogen-bond acceptors (Lipinski definition) is 12. The molecule has 0 aromatic heterocycles. The number of carbonyl (C=O) groups is 12. The first-order valence-corrected chi connectivity index (χ1v) is 48.6. The fourth-order valence-corrected chi connectivity index (χ4v) is 14.5. The number of amides is 12. The number of rotatable bonds is 0. The van der Waals surface area contributed by atoms with Crippen molar-refractivity contribution in [1.82, 2.24) is 63.8 Å². The molecule has 18 atom stereocenters. The fourth-order valence-electron chi connectivity index (χ4n) is 14.5. The summed E-state index contributed by atoms with van der Waals surface area (Å²) < 4.78 is 281. The Kier molecular flexibility index (Phi) is 31.5. The summed E-state index contributed by atoms with van der Waals surface area (Å²) in [5.41, 5.74) is -4.85. The molecule has 0 aliphatic carbocycles. The van der Waals surface area contributed by atoms with E-state index < -0.39 is 198 Å². The molecule has 12 aliphatic rings. The Balaban J connectivity index is 0.000000983. The van der Waals surface area contributed by atoms with Crippen LogP contribution in [0.5, 0.6) is 0 Å². The van der Waals surface area contributed by atoms with Crippen LogP contribution in [0.1, 0.15) is 444 Å². The summed E-state index contributed by atoms with van der Waals surface area (Å²) in [7, 11) is 0. The number of hydrogen-bond donors (Lipinski definition) is 12. The van der Waals surface area contributed by atoms with E-state index in [2.05, 4.69) is 132 Å². The first-order valence-electron chi connectivity index (χ1n) is 66.7. The minimum atomic E-state index is -2.77. The highest BCUT2D eigenvalue weighted by Crippen LogP contribution is 2.43. The largest absolute Gasteiger partial charge is 0.330 e. The summed E-state index contributed by atoms with van der Waals surface area (Å²) in [5, 5.41) is 18.3. The first-order chi connectivity index (χ1) is 78.9. The lowest BCUT2D eigenvalue weighted by molar-refractivity contribution is -0.129. The Bertz CT molecular complexity index is 6380. The third kappa shape index (κ3) is 48.0. The fraction of sp³-hybridized carbons (Fsp3) is 0.700. The van der Waals surface area contributed by atoms with Gasteiger partial charge >= 0.3 is 0 Å². The number of nitrogens with one attached hydrogen (secondary N) is 12. The van der Waals surface area contributed by atoms with Gasteiger partial charge in [0.25, 0.3) is 0 Å². The lowest BCUT2D eigenvalue weighted by Crippen LogP contribution is -2.41. The van der Waals surface area contributed by atoms with Gasteiger partial charge in [-0.15, -0.1) is 0 Å². The predicted molar refractivity (Wildman–Crippen MR) is 594 cm³/mol. The van der Waals surface area contributed by atoms with Crippen molar-refractivity contribution in [2.45, 2.75) is 403 Å². The van der Waals surface area contributed by atoms with Crippen LogP contribution in [-0.4, -0.2) is 70.9 Å². The van der Waals surface area contributed by atoms with E-state index in [1.54, 1.807) is 104 Å². The van der Waals surface area contributed by atoms with Gasteiger partial charge in [-0.25, -0.2) is 0 Å². The van der Waals surface area contributed by atoms with Crippen LogP contribution in [-0.2, 0) is 57.5 Å². The van der Waals surface area contributed by atoms with Crippen LogP contribution >= 0.6 is 0 Å². The zero-order chi connectivity index (χ0) is 144. The highest BCUT2D eigenvalue weighted by molar-refractivity contribution is 5.88. The Morgan fingerprint density at radius 1 is 0.194 bits per heavy atom. The molecule has 24 nitrogen and oxygen atoms in total. The summed E-state index contributed by atoms with van der Waals surface area (Å²) in [4.78, 5) is 141. The number of allylic oxidation sites excluding steroid dienone is 12. The van der Waals surface area contributed by atoms with Gasteiger partial charge < -0.3 is 63.8 Å². The van der Waals surface area contributed by atoms with Gasteiger partial charge in [0.15, 0.2) is 8.47 Å². The van der Waals surface area contributed by atoms with Crippen LogP contribution in [0.15, 0.2) is 147 Å². The van der Waals surface area contributed by atoms with Crippen LogP contribution in [0, 0.1) is 136 Å². The molecule has 12 aliphatic heterocycles. The molecule has 0 aromatic carbocycles. The molecular weight excluding hydrogens is 1800 g/mol. The van der Waals surface area contributed by atoms with Crippen LogP contribution in [0.2, 0.25) is 8.47 Å². The molecule has 12 saturated heterocycles. The standard InChI is InChI=1S/12C10H17NO/c12*1-7-5-6-8(9(12)11-7)10(2,3)4/h12*8H,1,5-6H2,2-4H3,(H,11,12)/i2*5D2,6D2,8D;5D2,6D,8D;5D,6D2,8D;5D,6D,8D;5D2,8D;6D2;6D;5D2;5D;;/hD6. The van der Waals surface area contributed by atoms with E-state index in [-0.39, 0.29) is 169 Å². The van der Waals surface area contributed by atoms with Crippen molar-refractivity contribution in [3.8, 4) is 0 Å². The summed E-state index contributed by atoms with van der Waals surface area (Å²) >= 11 is 0. The third-order valence-electron chi connectivity index (χ3n) is 23.2. The minimum absolute atomic E-state index is 0.0148. The van der Waals surface area contributed by atoms with Crippen LogP contribution in [0.25, 0.3) is 0 Å². The lowest BCUT2D eigenvalue weighted by Gasteiger charge is -2.33. The van der Waals surface area contributed by atoms with Crippen molar-refractivity contribution in [3.63, 3.8) is 0 Å². The van der Waals surface area contributed by atoms with E-state index in [0.29, 0.717) is 56.9 Å². The smallest absolute Gasteiger partial charge is 0.227 e. The van der Waals surface area contributed by atoms with Gasteiger partial charge in [-0.3, -0.25) is 57.5 Å². The second kappa shape index (κ2) is 55.0. The summed E-state index contributed by atoms with van der Waals surface area (Å²) in [6.07, 6.45) is -21.4. The van der Waals surface area contributed by atoms with Crippen molar-refractivity contribution in [2.24, 2.45) is 136 Å². The molecule has 18 unspecified atom stereocenters. The van der Waals surface area contributed by atoms with Gasteiger partial charge in [-0.05, 0) is 219 Å². The van der Waals surface area contributed by atoms with Crippen LogP contribution in [0.4, 0.5) is 0 Å². The Morgan fingerprint density at radius 3 is 0.875 bits per heavy atom. The first kappa shape index (κ1) is 82.5. The molecule has 12 amide bonds. The van der Waals surface area contributed by atoms with Crippen molar-refractivity contribution in [3.05, 3.63) is 147 Å².